The van der Waals surface area contributed by atoms with Crippen LogP contribution in [-0.4, -0.2) is 43.0 Å². The van der Waals surface area contributed by atoms with Gasteiger partial charge >= 0.3 is 0 Å². The summed E-state index contributed by atoms with van der Waals surface area (Å²) in [5, 5.41) is 6.44. The van der Waals surface area contributed by atoms with Gasteiger partial charge in [-0.15, -0.1) is 0 Å². The Morgan fingerprint density at radius 1 is 1.16 bits per heavy atom. The number of amides is 2. The van der Waals surface area contributed by atoms with Gasteiger partial charge in [-0.1, -0.05) is 11.6 Å². The molecule has 0 aliphatic carbocycles. The van der Waals surface area contributed by atoms with Crippen molar-refractivity contribution in [2.24, 2.45) is 0 Å². The van der Waals surface area contributed by atoms with Crippen LogP contribution >= 0.6 is 23.4 Å². The molecule has 2 heterocycles. The quantitative estimate of drug-likeness (QED) is 0.593. The third-order valence-electron chi connectivity index (χ3n) is 5.37. The zero-order valence-electron chi connectivity index (χ0n) is 17.3. The van der Waals surface area contributed by atoms with Crippen LogP contribution in [0.15, 0.2) is 36.4 Å². The molecular weight excluding hydrogens is 434 g/mol. The molecule has 0 unspecified atom stereocenters. The van der Waals surface area contributed by atoms with Crippen LogP contribution < -0.4 is 20.3 Å². The van der Waals surface area contributed by atoms with Crippen molar-refractivity contribution >= 4 is 52.2 Å². The molecular formula is C23H26ClN3O3S. The lowest BCUT2D eigenvalue weighted by Crippen LogP contribution is -2.32. The molecule has 0 radical (unpaired) electrons. The minimum atomic E-state index is -0.0602. The SMILES string of the molecule is O=C(CCCOc1ccc2c(c1)CCC(=O)N2)Nc1ccc(N2CCSCC2)c(Cl)c1. The lowest BCUT2D eigenvalue weighted by Gasteiger charge is -2.29. The maximum atomic E-state index is 12.3. The molecule has 2 amide bonds. The molecule has 8 heteroatoms. The van der Waals surface area contributed by atoms with Crippen LogP contribution in [0.25, 0.3) is 0 Å². The van der Waals surface area contributed by atoms with Gasteiger partial charge in [-0.05, 0) is 54.8 Å². The Morgan fingerprint density at radius 2 is 2.00 bits per heavy atom. The smallest absolute Gasteiger partial charge is 0.224 e. The molecule has 1 fully saturated rings. The highest BCUT2D eigenvalue weighted by atomic mass is 35.5. The van der Waals surface area contributed by atoms with Crippen LogP contribution in [0.3, 0.4) is 0 Å². The Bertz CT molecular complexity index is 963. The van der Waals surface area contributed by atoms with E-state index in [0.717, 1.165) is 53.7 Å². The van der Waals surface area contributed by atoms with E-state index in [0.29, 0.717) is 36.6 Å². The van der Waals surface area contributed by atoms with Crippen LogP contribution in [0, 0.1) is 0 Å². The van der Waals surface area contributed by atoms with E-state index in [1.165, 1.54) is 0 Å². The standard InChI is InChI=1S/C23H26ClN3O3S/c24-19-15-17(4-7-21(19)27-9-12-31-13-10-27)25-22(28)2-1-11-30-18-5-6-20-16(14-18)3-8-23(29)26-20/h4-7,14-15H,1-3,8-13H2,(H,25,28)(H,26,29). The van der Waals surface area contributed by atoms with Crippen molar-refractivity contribution in [2.45, 2.75) is 25.7 Å². The van der Waals surface area contributed by atoms with Crippen molar-refractivity contribution in [3.05, 3.63) is 47.0 Å². The maximum Gasteiger partial charge on any atom is 0.224 e. The summed E-state index contributed by atoms with van der Waals surface area (Å²) in [6, 6.07) is 11.4. The number of halogens is 1. The summed E-state index contributed by atoms with van der Waals surface area (Å²) in [5.74, 6) is 2.97. The Morgan fingerprint density at radius 3 is 2.81 bits per heavy atom. The van der Waals surface area contributed by atoms with Crippen molar-refractivity contribution in [3.8, 4) is 5.75 Å². The van der Waals surface area contributed by atoms with Gasteiger partial charge in [-0.2, -0.15) is 11.8 Å². The molecule has 0 aromatic heterocycles. The molecule has 2 aliphatic heterocycles. The number of benzene rings is 2. The molecule has 0 atom stereocenters. The van der Waals surface area contributed by atoms with E-state index in [9.17, 15) is 9.59 Å². The highest BCUT2D eigenvalue weighted by Crippen LogP contribution is 2.31. The van der Waals surface area contributed by atoms with Crippen LogP contribution in [0.5, 0.6) is 5.75 Å². The van der Waals surface area contributed by atoms with Crippen LogP contribution in [0.4, 0.5) is 17.1 Å². The molecule has 164 valence electrons. The predicted molar refractivity (Wildman–Crippen MR) is 128 cm³/mol. The second-order valence-corrected chi connectivity index (χ2v) is 9.26. The monoisotopic (exact) mass is 459 g/mol. The van der Waals surface area contributed by atoms with Crippen molar-refractivity contribution < 1.29 is 14.3 Å². The number of anilines is 3. The third kappa shape index (κ3) is 5.86. The molecule has 0 saturated carbocycles. The maximum absolute atomic E-state index is 12.3. The van der Waals surface area contributed by atoms with Gasteiger partial charge < -0.3 is 20.3 Å². The highest BCUT2D eigenvalue weighted by Gasteiger charge is 2.16. The van der Waals surface area contributed by atoms with Crippen molar-refractivity contribution in [1.82, 2.24) is 0 Å². The predicted octanol–water partition coefficient (Wildman–Crippen LogP) is 4.58. The Kier molecular flexibility index (Phi) is 7.25. The molecule has 0 spiro atoms. The van der Waals surface area contributed by atoms with E-state index in [-0.39, 0.29) is 11.8 Å². The Hall–Kier alpha value is -2.38. The van der Waals surface area contributed by atoms with Crippen molar-refractivity contribution in [1.29, 1.82) is 0 Å². The lowest BCUT2D eigenvalue weighted by molar-refractivity contribution is -0.117. The molecule has 0 bridgehead atoms. The summed E-state index contributed by atoms with van der Waals surface area (Å²) in [4.78, 5) is 26.0. The first-order valence-corrected chi connectivity index (χ1v) is 12.1. The number of rotatable bonds is 7. The number of nitrogens with zero attached hydrogens (tertiary/aromatic N) is 1. The van der Waals surface area contributed by atoms with Gasteiger partial charge in [0.15, 0.2) is 0 Å². The van der Waals surface area contributed by atoms with Gasteiger partial charge in [-0.25, -0.2) is 0 Å². The van der Waals surface area contributed by atoms with E-state index in [1.54, 1.807) is 0 Å². The van der Waals surface area contributed by atoms with Gasteiger partial charge in [0.25, 0.3) is 0 Å². The van der Waals surface area contributed by atoms with Crippen LogP contribution in [-0.2, 0) is 16.0 Å². The Labute approximate surface area is 191 Å². The van der Waals surface area contributed by atoms with Gasteiger partial charge in [-0.3, -0.25) is 9.59 Å². The lowest BCUT2D eigenvalue weighted by atomic mass is 10.0. The number of hydrogen-bond donors (Lipinski definition) is 2. The molecule has 31 heavy (non-hydrogen) atoms. The second-order valence-electron chi connectivity index (χ2n) is 7.63. The number of carbonyl (C=O) groups excluding carboxylic acids is 2. The number of nitrogens with one attached hydrogen (secondary N) is 2. The summed E-state index contributed by atoms with van der Waals surface area (Å²) < 4.78 is 5.78. The van der Waals surface area contributed by atoms with Gasteiger partial charge in [0, 0.05) is 48.8 Å². The van der Waals surface area contributed by atoms with E-state index in [4.69, 9.17) is 16.3 Å². The zero-order chi connectivity index (χ0) is 21.6. The Balaban J connectivity index is 1.22. The van der Waals surface area contributed by atoms with Crippen molar-refractivity contribution in [3.63, 3.8) is 0 Å². The number of aryl methyl sites for hydroxylation is 1. The largest absolute Gasteiger partial charge is 0.494 e. The highest BCUT2D eigenvalue weighted by molar-refractivity contribution is 7.99. The first-order valence-electron chi connectivity index (χ1n) is 10.6. The number of thioether (sulfide) groups is 1. The van der Waals surface area contributed by atoms with E-state index >= 15 is 0 Å². The number of ether oxygens (including phenoxy) is 1. The molecule has 1 saturated heterocycles. The number of hydrogen-bond acceptors (Lipinski definition) is 5. The topological polar surface area (TPSA) is 70.7 Å². The van der Waals surface area contributed by atoms with E-state index < -0.39 is 0 Å². The molecule has 6 nitrogen and oxygen atoms in total. The minimum Gasteiger partial charge on any atom is -0.494 e. The fourth-order valence-corrected chi connectivity index (χ4v) is 4.94. The average Bonchev–Trinajstić information content (AvgIpc) is 2.77. The molecule has 2 N–H and O–H groups in total. The van der Waals surface area contributed by atoms with Gasteiger partial charge in [0.2, 0.25) is 11.8 Å². The zero-order valence-corrected chi connectivity index (χ0v) is 18.9. The minimum absolute atomic E-state index is 0.0497. The number of fused-ring (bicyclic) bond motifs is 1. The molecule has 2 aliphatic rings. The summed E-state index contributed by atoms with van der Waals surface area (Å²) in [6.07, 6.45) is 2.19. The van der Waals surface area contributed by atoms with E-state index in [2.05, 4.69) is 15.5 Å². The second kappa shape index (κ2) is 10.3. The van der Waals surface area contributed by atoms with Crippen LogP contribution in [0.2, 0.25) is 5.02 Å². The summed E-state index contributed by atoms with van der Waals surface area (Å²) in [6.45, 7) is 2.44. The van der Waals surface area contributed by atoms with Crippen LogP contribution in [0.1, 0.15) is 24.8 Å². The number of carbonyl (C=O) groups is 2. The molecule has 4 rings (SSSR count). The van der Waals surface area contributed by atoms with Gasteiger partial charge in [0.1, 0.15) is 5.75 Å². The first-order chi connectivity index (χ1) is 15.1. The molecule has 2 aromatic carbocycles. The summed E-state index contributed by atoms with van der Waals surface area (Å²) in [7, 11) is 0. The normalized spacial score (nSPS) is 15.8. The van der Waals surface area contributed by atoms with E-state index in [1.807, 2.05) is 48.2 Å². The summed E-state index contributed by atoms with van der Waals surface area (Å²) in [5.41, 5.74) is 3.67. The molecule has 2 aromatic rings. The fraction of sp³-hybridized carbons (Fsp3) is 0.391. The fourth-order valence-electron chi connectivity index (χ4n) is 3.74. The van der Waals surface area contributed by atoms with Crippen molar-refractivity contribution in [2.75, 3.05) is 46.7 Å². The summed E-state index contributed by atoms with van der Waals surface area (Å²) >= 11 is 8.41. The third-order valence-corrected chi connectivity index (χ3v) is 6.62. The van der Waals surface area contributed by atoms with Gasteiger partial charge in [0.05, 0.1) is 17.3 Å². The average molecular weight is 460 g/mol. The first kappa shape index (κ1) is 21.8.